The molecule has 4 heteroatoms. The smallest absolute Gasteiger partial charge is 0.321 e. The lowest BCUT2D eigenvalue weighted by atomic mass is 10.0. The fraction of sp³-hybridized carbons (Fsp3) is 0.588. The van der Waals surface area contributed by atoms with Crippen LogP contribution in [0.1, 0.15) is 31.7 Å². The first-order chi connectivity index (χ1) is 10.1. The van der Waals surface area contributed by atoms with Crippen molar-refractivity contribution in [1.29, 1.82) is 0 Å². The standard InChI is InChI=1S/C17H27N3O/c1-4-11-20-12-9-16(10-13-20)19(3)17(21)18-15-7-5-14(2)6-8-15/h5-8,16H,4,9-13H2,1-3H3,(H,18,21). The van der Waals surface area contributed by atoms with Crippen LogP contribution < -0.4 is 5.32 Å². The van der Waals surface area contributed by atoms with Crippen molar-refractivity contribution in [2.24, 2.45) is 0 Å². The van der Waals surface area contributed by atoms with Crippen LogP contribution in [0, 0.1) is 6.92 Å². The average molecular weight is 289 g/mol. The molecule has 0 aromatic heterocycles. The quantitative estimate of drug-likeness (QED) is 0.923. The van der Waals surface area contributed by atoms with E-state index in [1.54, 1.807) is 0 Å². The minimum absolute atomic E-state index is 0.00667. The van der Waals surface area contributed by atoms with Crippen molar-refractivity contribution >= 4 is 11.7 Å². The van der Waals surface area contributed by atoms with Crippen LogP contribution in [0.4, 0.5) is 10.5 Å². The molecule has 0 saturated carbocycles. The number of nitrogens with zero attached hydrogens (tertiary/aromatic N) is 2. The molecule has 0 radical (unpaired) electrons. The molecule has 2 amide bonds. The van der Waals surface area contributed by atoms with E-state index in [0.717, 1.165) is 31.6 Å². The summed E-state index contributed by atoms with van der Waals surface area (Å²) in [6.07, 6.45) is 3.34. The zero-order chi connectivity index (χ0) is 15.2. The van der Waals surface area contributed by atoms with E-state index in [4.69, 9.17) is 0 Å². The van der Waals surface area contributed by atoms with Crippen molar-refractivity contribution < 1.29 is 4.79 Å². The fourth-order valence-corrected chi connectivity index (χ4v) is 2.86. The van der Waals surface area contributed by atoms with Gasteiger partial charge in [0.15, 0.2) is 0 Å². The molecule has 0 atom stereocenters. The number of piperidine rings is 1. The summed E-state index contributed by atoms with van der Waals surface area (Å²) in [6, 6.07) is 8.27. The number of nitrogens with one attached hydrogen (secondary N) is 1. The van der Waals surface area contributed by atoms with Crippen molar-refractivity contribution in [2.45, 2.75) is 39.2 Å². The monoisotopic (exact) mass is 289 g/mol. The van der Waals surface area contributed by atoms with E-state index in [0.29, 0.717) is 6.04 Å². The van der Waals surface area contributed by atoms with Gasteiger partial charge in [0.1, 0.15) is 0 Å². The maximum absolute atomic E-state index is 12.3. The van der Waals surface area contributed by atoms with Crippen molar-refractivity contribution in [3.8, 4) is 0 Å². The fourth-order valence-electron chi connectivity index (χ4n) is 2.86. The maximum atomic E-state index is 12.3. The molecule has 1 aromatic rings. The average Bonchev–Trinajstić information content (AvgIpc) is 2.50. The lowest BCUT2D eigenvalue weighted by Gasteiger charge is -2.36. The third-order valence-corrected chi connectivity index (χ3v) is 4.27. The third kappa shape index (κ3) is 4.46. The van der Waals surface area contributed by atoms with Gasteiger partial charge >= 0.3 is 6.03 Å². The second-order valence-corrected chi connectivity index (χ2v) is 5.98. The molecule has 1 fully saturated rings. The van der Waals surface area contributed by atoms with Gasteiger partial charge in [0.05, 0.1) is 0 Å². The number of likely N-dealkylation sites (tertiary alicyclic amines) is 1. The highest BCUT2D eigenvalue weighted by Gasteiger charge is 2.24. The molecule has 0 aliphatic carbocycles. The summed E-state index contributed by atoms with van der Waals surface area (Å²) < 4.78 is 0. The maximum Gasteiger partial charge on any atom is 0.321 e. The minimum atomic E-state index is -0.00667. The number of urea groups is 1. The van der Waals surface area contributed by atoms with E-state index in [-0.39, 0.29) is 6.03 Å². The normalized spacial score (nSPS) is 16.7. The van der Waals surface area contributed by atoms with E-state index in [1.807, 2.05) is 43.1 Å². The predicted octanol–water partition coefficient (Wildman–Crippen LogP) is 3.33. The second-order valence-electron chi connectivity index (χ2n) is 5.98. The summed E-state index contributed by atoms with van der Waals surface area (Å²) in [5.41, 5.74) is 2.06. The molecule has 0 spiro atoms. The molecular weight excluding hydrogens is 262 g/mol. The zero-order valence-corrected chi connectivity index (χ0v) is 13.4. The molecule has 4 nitrogen and oxygen atoms in total. The van der Waals surface area contributed by atoms with Gasteiger partial charge in [-0.05, 0) is 44.9 Å². The molecule has 1 aromatic carbocycles. The number of rotatable bonds is 4. The largest absolute Gasteiger partial charge is 0.325 e. The van der Waals surface area contributed by atoms with E-state index < -0.39 is 0 Å². The van der Waals surface area contributed by atoms with Gasteiger partial charge in [-0.15, -0.1) is 0 Å². The Morgan fingerprint density at radius 1 is 1.29 bits per heavy atom. The highest BCUT2D eigenvalue weighted by atomic mass is 16.2. The third-order valence-electron chi connectivity index (χ3n) is 4.27. The Kier molecular flexibility index (Phi) is 5.62. The second kappa shape index (κ2) is 7.46. The van der Waals surface area contributed by atoms with E-state index >= 15 is 0 Å². The van der Waals surface area contributed by atoms with Crippen LogP contribution in [0.25, 0.3) is 0 Å². The number of hydrogen-bond acceptors (Lipinski definition) is 2. The van der Waals surface area contributed by atoms with Gasteiger partial charge in [-0.25, -0.2) is 4.79 Å². The molecule has 2 rings (SSSR count). The summed E-state index contributed by atoms with van der Waals surface area (Å²) in [6.45, 7) is 7.63. The summed E-state index contributed by atoms with van der Waals surface area (Å²) in [5.74, 6) is 0. The van der Waals surface area contributed by atoms with Crippen LogP contribution in [0.5, 0.6) is 0 Å². The number of carbonyl (C=O) groups excluding carboxylic acids is 1. The van der Waals surface area contributed by atoms with Crippen LogP contribution >= 0.6 is 0 Å². The van der Waals surface area contributed by atoms with Gasteiger partial charge in [0, 0.05) is 31.9 Å². The van der Waals surface area contributed by atoms with E-state index in [9.17, 15) is 4.79 Å². The topological polar surface area (TPSA) is 35.6 Å². The van der Waals surface area contributed by atoms with E-state index in [2.05, 4.69) is 17.1 Å². The SMILES string of the molecule is CCCN1CCC(N(C)C(=O)Nc2ccc(C)cc2)CC1. The summed E-state index contributed by atoms with van der Waals surface area (Å²) in [4.78, 5) is 16.7. The molecule has 0 unspecified atom stereocenters. The van der Waals surface area contributed by atoms with Crippen LogP contribution in [-0.4, -0.2) is 48.6 Å². The Bertz CT molecular complexity index is 450. The zero-order valence-electron chi connectivity index (χ0n) is 13.4. The van der Waals surface area contributed by atoms with Crippen molar-refractivity contribution in [1.82, 2.24) is 9.80 Å². The van der Waals surface area contributed by atoms with Gasteiger partial charge in [0.25, 0.3) is 0 Å². The van der Waals surface area contributed by atoms with Gasteiger partial charge in [0.2, 0.25) is 0 Å². The van der Waals surface area contributed by atoms with Gasteiger partial charge < -0.3 is 15.1 Å². The molecular formula is C17H27N3O. The Balaban J connectivity index is 1.84. The Hall–Kier alpha value is -1.55. The lowest BCUT2D eigenvalue weighted by molar-refractivity contribution is 0.141. The number of aryl methyl sites for hydroxylation is 1. The van der Waals surface area contributed by atoms with Crippen LogP contribution in [0.3, 0.4) is 0 Å². The minimum Gasteiger partial charge on any atom is -0.325 e. The first-order valence-corrected chi connectivity index (χ1v) is 7.93. The highest BCUT2D eigenvalue weighted by molar-refractivity contribution is 5.89. The first-order valence-electron chi connectivity index (χ1n) is 7.93. The number of benzene rings is 1. The molecule has 116 valence electrons. The summed E-state index contributed by atoms with van der Waals surface area (Å²) in [5, 5.41) is 2.98. The van der Waals surface area contributed by atoms with Gasteiger partial charge in [-0.3, -0.25) is 0 Å². The van der Waals surface area contributed by atoms with Crippen LogP contribution in [-0.2, 0) is 0 Å². The Morgan fingerprint density at radius 2 is 1.90 bits per heavy atom. The molecule has 1 saturated heterocycles. The van der Waals surface area contributed by atoms with Gasteiger partial charge in [-0.1, -0.05) is 24.6 Å². The van der Waals surface area contributed by atoms with Gasteiger partial charge in [-0.2, -0.15) is 0 Å². The number of hydrogen-bond donors (Lipinski definition) is 1. The van der Waals surface area contributed by atoms with E-state index in [1.165, 1.54) is 18.5 Å². The Labute approximate surface area is 128 Å². The van der Waals surface area contributed by atoms with Crippen molar-refractivity contribution in [2.75, 3.05) is 32.0 Å². The summed E-state index contributed by atoms with van der Waals surface area (Å²) in [7, 11) is 1.91. The molecule has 1 aliphatic heterocycles. The van der Waals surface area contributed by atoms with Crippen molar-refractivity contribution in [3.05, 3.63) is 29.8 Å². The predicted molar refractivity (Wildman–Crippen MR) is 87.7 cm³/mol. The highest BCUT2D eigenvalue weighted by Crippen LogP contribution is 2.17. The van der Waals surface area contributed by atoms with Crippen LogP contribution in [0.2, 0.25) is 0 Å². The lowest BCUT2D eigenvalue weighted by Crippen LogP contribution is -2.47. The molecule has 1 heterocycles. The Morgan fingerprint density at radius 3 is 2.48 bits per heavy atom. The number of anilines is 1. The van der Waals surface area contributed by atoms with Crippen LogP contribution in [0.15, 0.2) is 24.3 Å². The molecule has 21 heavy (non-hydrogen) atoms. The molecule has 1 N–H and O–H groups in total. The summed E-state index contributed by atoms with van der Waals surface area (Å²) >= 11 is 0. The molecule has 0 bridgehead atoms. The number of amides is 2. The first kappa shape index (κ1) is 15.8. The molecule has 1 aliphatic rings. The number of carbonyl (C=O) groups is 1. The van der Waals surface area contributed by atoms with Crippen molar-refractivity contribution in [3.63, 3.8) is 0 Å².